The summed E-state index contributed by atoms with van der Waals surface area (Å²) in [5.74, 6) is -3.06. The van der Waals surface area contributed by atoms with Gasteiger partial charge in [-0.25, -0.2) is 0 Å². The molecule has 1 aromatic carbocycles. The lowest BCUT2D eigenvalue weighted by molar-refractivity contribution is -0.148. The van der Waals surface area contributed by atoms with E-state index in [1.54, 1.807) is 17.1 Å². The summed E-state index contributed by atoms with van der Waals surface area (Å²) < 4.78 is 12.0. The number of β-amino-alcohol motifs (C(OH)–C–C–N with tert-alkyl or cyclic N) is 1. The summed E-state index contributed by atoms with van der Waals surface area (Å²) in [6.45, 7) is 9.97. The maximum absolute atomic E-state index is 14.1. The summed E-state index contributed by atoms with van der Waals surface area (Å²) >= 11 is 0. The summed E-state index contributed by atoms with van der Waals surface area (Å²) in [7, 11) is 0. The number of allylic oxidation sites excluding steroid dienone is 1. The van der Waals surface area contributed by atoms with Crippen LogP contribution in [0, 0.1) is 11.8 Å². The van der Waals surface area contributed by atoms with E-state index >= 15 is 0 Å². The van der Waals surface area contributed by atoms with Crippen LogP contribution >= 0.6 is 0 Å². The minimum atomic E-state index is -1.15. The van der Waals surface area contributed by atoms with Gasteiger partial charge in [0.05, 0.1) is 30.6 Å². The summed E-state index contributed by atoms with van der Waals surface area (Å²) in [5.41, 5.74) is -0.398. The molecular formula is C33H45N3O7. The molecule has 3 saturated heterocycles. The lowest BCUT2D eigenvalue weighted by Crippen LogP contribution is -2.56. The largest absolute Gasteiger partial charge is 0.463 e. The van der Waals surface area contributed by atoms with Crippen LogP contribution in [0.15, 0.2) is 55.6 Å². The number of aliphatic hydroxyl groups excluding tert-OH is 1. The number of hydrogen-bond acceptors (Lipinski definition) is 7. The first-order chi connectivity index (χ1) is 20.8. The number of fused-ring (bicyclic) bond motifs is 1. The van der Waals surface area contributed by atoms with E-state index in [1.165, 1.54) is 4.90 Å². The Hall–Kier alpha value is -3.50. The molecule has 0 aliphatic carbocycles. The van der Waals surface area contributed by atoms with Crippen molar-refractivity contribution in [2.75, 3.05) is 32.8 Å². The Morgan fingerprint density at radius 3 is 2.67 bits per heavy atom. The zero-order chi connectivity index (χ0) is 31.0. The lowest BCUT2D eigenvalue weighted by Gasteiger charge is -2.36. The monoisotopic (exact) mass is 595 g/mol. The van der Waals surface area contributed by atoms with Gasteiger partial charge < -0.3 is 29.7 Å². The molecule has 10 nitrogen and oxygen atoms in total. The first-order valence-electron chi connectivity index (χ1n) is 15.4. The normalized spacial score (nSPS) is 26.1. The van der Waals surface area contributed by atoms with Gasteiger partial charge in [0.25, 0.3) is 0 Å². The van der Waals surface area contributed by atoms with Crippen LogP contribution in [0.5, 0.6) is 0 Å². The van der Waals surface area contributed by atoms with Crippen LogP contribution in [-0.4, -0.2) is 89.2 Å². The maximum atomic E-state index is 14.1. The average Bonchev–Trinajstić information content (AvgIpc) is 3.65. The molecule has 4 rings (SSSR count). The number of likely N-dealkylation sites (tertiary alicyclic amines) is 1. The molecule has 3 aliphatic rings. The third-order valence-corrected chi connectivity index (χ3v) is 8.85. The third kappa shape index (κ3) is 6.70. The van der Waals surface area contributed by atoms with Crippen LogP contribution in [0.4, 0.5) is 0 Å². The predicted molar refractivity (Wildman–Crippen MR) is 160 cm³/mol. The fourth-order valence-electron chi connectivity index (χ4n) is 6.90. The van der Waals surface area contributed by atoms with Crippen molar-refractivity contribution in [1.82, 2.24) is 15.1 Å². The van der Waals surface area contributed by atoms with Crippen LogP contribution in [-0.2, 0) is 28.7 Å². The van der Waals surface area contributed by atoms with Crippen molar-refractivity contribution in [3.8, 4) is 0 Å². The molecule has 1 spiro atoms. The van der Waals surface area contributed by atoms with E-state index < -0.39 is 41.6 Å². The number of hydrogen-bond donors (Lipinski definition) is 2. The molecule has 0 unspecified atom stereocenters. The number of carbonyl (C=O) groups is 4. The molecule has 0 radical (unpaired) electrons. The van der Waals surface area contributed by atoms with Gasteiger partial charge in [-0.05, 0) is 31.2 Å². The highest BCUT2D eigenvalue weighted by Crippen LogP contribution is 2.58. The number of nitrogens with one attached hydrogen (secondary N) is 1. The number of unbranched alkanes of at least 4 members (excludes halogenated alkanes) is 2. The second-order valence-electron chi connectivity index (χ2n) is 11.6. The minimum Gasteiger partial charge on any atom is -0.463 e. The number of esters is 1. The average molecular weight is 596 g/mol. The van der Waals surface area contributed by atoms with E-state index in [9.17, 15) is 24.3 Å². The highest BCUT2D eigenvalue weighted by molar-refractivity contribution is 5.99. The molecule has 3 heterocycles. The molecule has 0 saturated carbocycles. The van der Waals surface area contributed by atoms with Crippen molar-refractivity contribution in [2.24, 2.45) is 11.8 Å². The lowest BCUT2D eigenvalue weighted by atomic mass is 9.70. The second kappa shape index (κ2) is 14.8. The summed E-state index contributed by atoms with van der Waals surface area (Å²) in [5, 5.41) is 12.9. The number of aliphatic hydroxyl groups is 1. The fourth-order valence-corrected chi connectivity index (χ4v) is 6.90. The van der Waals surface area contributed by atoms with Gasteiger partial charge in [0.2, 0.25) is 17.7 Å². The molecule has 2 bridgehead atoms. The highest BCUT2D eigenvalue weighted by atomic mass is 16.5. The Morgan fingerprint density at radius 2 is 2.00 bits per heavy atom. The van der Waals surface area contributed by atoms with Crippen LogP contribution < -0.4 is 5.32 Å². The summed E-state index contributed by atoms with van der Waals surface area (Å²) in [6.07, 6.45) is 7.24. The zero-order valence-corrected chi connectivity index (χ0v) is 25.1. The van der Waals surface area contributed by atoms with Gasteiger partial charge in [-0.3, -0.25) is 19.2 Å². The first-order valence-corrected chi connectivity index (χ1v) is 15.4. The third-order valence-electron chi connectivity index (χ3n) is 8.85. The van der Waals surface area contributed by atoms with Gasteiger partial charge in [-0.2, -0.15) is 0 Å². The van der Waals surface area contributed by atoms with E-state index in [-0.39, 0.29) is 43.9 Å². The van der Waals surface area contributed by atoms with Gasteiger partial charge in [-0.15, -0.1) is 13.2 Å². The topological polar surface area (TPSA) is 125 Å². The van der Waals surface area contributed by atoms with Gasteiger partial charge in [0.15, 0.2) is 0 Å². The number of rotatable bonds is 17. The number of benzene rings is 1. The summed E-state index contributed by atoms with van der Waals surface area (Å²) in [6, 6.07) is 7.64. The fraction of sp³-hybridized carbons (Fsp3) is 0.576. The molecule has 3 amide bonds. The Balaban J connectivity index is 1.59. The maximum Gasteiger partial charge on any atom is 0.306 e. The van der Waals surface area contributed by atoms with Gasteiger partial charge in [0.1, 0.15) is 18.2 Å². The minimum absolute atomic E-state index is 0.0277. The highest BCUT2D eigenvalue weighted by Gasteiger charge is 2.74. The molecule has 3 aliphatic heterocycles. The van der Waals surface area contributed by atoms with Crippen LogP contribution in [0.2, 0.25) is 0 Å². The first kappa shape index (κ1) is 32.4. The number of carbonyl (C=O) groups excluding carboxylic acids is 4. The van der Waals surface area contributed by atoms with E-state index in [2.05, 4.69) is 25.4 Å². The number of amides is 3. The van der Waals surface area contributed by atoms with Gasteiger partial charge in [-0.1, -0.05) is 62.2 Å². The van der Waals surface area contributed by atoms with Crippen molar-refractivity contribution in [3.05, 3.63) is 61.2 Å². The predicted octanol–water partition coefficient (Wildman–Crippen LogP) is 2.93. The van der Waals surface area contributed by atoms with Crippen LogP contribution in [0.1, 0.15) is 63.5 Å². The number of nitrogens with zero attached hydrogens (tertiary/aromatic N) is 2. The van der Waals surface area contributed by atoms with E-state index in [1.807, 2.05) is 30.3 Å². The molecule has 1 aromatic rings. The molecule has 3 fully saturated rings. The smallest absolute Gasteiger partial charge is 0.306 e. The number of ether oxygens (including phenoxy) is 2. The van der Waals surface area contributed by atoms with Gasteiger partial charge >= 0.3 is 5.97 Å². The Labute approximate surface area is 254 Å². The van der Waals surface area contributed by atoms with E-state index in [4.69, 9.17) is 9.47 Å². The van der Waals surface area contributed by atoms with Crippen molar-refractivity contribution in [2.45, 2.75) is 75.7 Å². The van der Waals surface area contributed by atoms with Gasteiger partial charge in [0, 0.05) is 26.1 Å². The molecular weight excluding hydrogens is 550 g/mol. The van der Waals surface area contributed by atoms with Crippen molar-refractivity contribution < 1.29 is 33.8 Å². The Bertz CT molecular complexity index is 1170. The quantitative estimate of drug-likeness (QED) is 0.161. The molecule has 234 valence electrons. The molecule has 0 aromatic heterocycles. The van der Waals surface area contributed by atoms with Crippen molar-refractivity contribution in [1.29, 1.82) is 0 Å². The van der Waals surface area contributed by atoms with Crippen molar-refractivity contribution in [3.63, 3.8) is 0 Å². The van der Waals surface area contributed by atoms with Crippen LogP contribution in [0.3, 0.4) is 0 Å². The zero-order valence-electron chi connectivity index (χ0n) is 25.1. The summed E-state index contributed by atoms with van der Waals surface area (Å²) in [4.78, 5) is 57.5. The van der Waals surface area contributed by atoms with E-state index in [0.29, 0.717) is 32.4 Å². The standard InChI is InChI=1S/C33H45N3O7/c1-4-7-12-19-35(18-6-3)32(41)29-33-17-16-25(43-33)27(28(33)31(40)36(29)20-21-37)30(39)34-24(23-13-10-9-11-14-23)22-42-26(38)15-8-5-2/h5-6,9-11,13-14,24-25,27-29,37H,2-4,7-8,12,15-22H2,1H3,(H,34,39)/t24-,25+,27-,28-,29+,33-/m0/s1. The van der Waals surface area contributed by atoms with E-state index in [0.717, 1.165) is 24.8 Å². The molecule has 43 heavy (non-hydrogen) atoms. The SMILES string of the molecule is C=CCCC(=O)OC[C@H](NC(=O)[C@@H]1[C@H]2C(=O)N(CCO)[C@H](C(=O)N(CC=C)CCCCC)[C@]23CC[C@H]1O3)c1ccccc1. The Morgan fingerprint density at radius 1 is 1.23 bits per heavy atom. The molecule has 10 heteroatoms. The second-order valence-corrected chi connectivity index (χ2v) is 11.6. The van der Waals surface area contributed by atoms with Crippen molar-refractivity contribution >= 4 is 23.7 Å². The van der Waals surface area contributed by atoms with Crippen LogP contribution in [0.25, 0.3) is 0 Å². The Kier molecular flexibility index (Phi) is 11.2. The molecule has 6 atom stereocenters. The molecule has 2 N–H and O–H groups in total.